The van der Waals surface area contributed by atoms with E-state index in [-0.39, 0.29) is 10.8 Å². The van der Waals surface area contributed by atoms with E-state index in [1.165, 1.54) is 16.7 Å². The van der Waals surface area contributed by atoms with E-state index in [1.54, 1.807) is 39.9 Å². The van der Waals surface area contributed by atoms with E-state index in [2.05, 4.69) is 98.7 Å². The standard InChI is InChI=1S/C28H33.C3H6.Zr/c1-8-22-25-20(15-19-16-21(27(2,3)4)13-14-23(19)25)17-24(28(5,6)7)26(22)18-11-9-10-12-18;1-3-2;/h9-11,13-14,16H,8,12,15H2,1-7H3;1-2H3;. The Hall–Kier alpha value is -1.33. The molecule has 32 heavy (non-hydrogen) atoms. The number of hydrogen-bond donors (Lipinski definition) is 0. The van der Waals surface area contributed by atoms with Crippen LogP contribution in [0, 0.1) is 0 Å². The zero-order valence-corrected chi connectivity index (χ0v) is 24.0. The summed E-state index contributed by atoms with van der Waals surface area (Å²) in [4.78, 5) is 0. The maximum absolute atomic E-state index is 2.51. The molecule has 1 heteroatoms. The fraction of sp³-hybridized carbons (Fsp3) is 0.452. The number of rotatable bonds is 3. The third kappa shape index (κ3) is 4.16. The van der Waals surface area contributed by atoms with E-state index in [4.69, 9.17) is 0 Å². The second-order valence-corrected chi connectivity index (χ2v) is 16.1. The van der Waals surface area contributed by atoms with Gasteiger partial charge >= 0.3 is 208 Å². The van der Waals surface area contributed by atoms with Gasteiger partial charge in [-0.1, -0.05) is 0 Å². The Balaban J connectivity index is 2.12. The molecular formula is C31H39Zr. The van der Waals surface area contributed by atoms with Gasteiger partial charge in [0.05, 0.1) is 0 Å². The Labute approximate surface area is 207 Å². The Morgan fingerprint density at radius 1 is 0.969 bits per heavy atom. The second kappa shape index (κ2) is 8.47. The molecule has 0 fully saturated rings. The summed E-state index contributed by atoms with van der Waals surface area (Å²) in [7, 11) is 0. The average molecular weight is 503 g/mol. The van der Waals surface area contributed by atoms with Crippen molar-refractivity contribution in [3.8, 4) is 11.1 Å². The van der Waals surface area contributed by atoms with Crippen molar-refractivity contribution in [2.24, 2.45) is 0 Å². The van der Waals surface area contributed by atoms with Crippen LogP contribution in [-0.2, 0) is 46.4 Å². The van der Waals surface area contributed by atoms with Crippen LogP contribution in [0.2, 0.25) is 0 Å². The first kappa shape index (κ1) is 23.8. The summed E-state index contributed by atoms with van der Waals surface area (Å²) >= 11 is -0.806. The van der Waals surface area contributed by atoms with Crippen molar-refractivity contribution in [3.05, 3.63) is 69.8 Å². The molecule has 0 radical (unpaired) electrons. The van der Waals surface area contributed by atoms with Crippen LogP contribution in [0.25, 0.3) is 16.7 Å². The van der Waals surface area contributed by atoms with E-state index in [0.717, 1.165) is 19.3 Å². The van der Waals surface area contributed by atoms with Gasteiger partial charge in [0.25, 0.3) is 0 Å². The number of hydrogen-bond acceptors (Lipinski definition) is 0. The summed E-state index contributed by atoms with van der Waals surface area (Å²) < 4.78 is 3.44. The molecule has 2 aliphatic carbocycles. The number of allylic oxidation sites excluding steroid dienone is 4. The number of benzene rings is 2. The van der Waals surface area contributed by atoms with Crippen molar-refractivity contribution >= 4 is 12.1 Å². The third-order valence-electron chi connectivity index (χ3n) is 6.89. The molecule has 0 unspecified atom stereocenters. The molecule has 2 aliphatic rings. The molecule has 0 N–H and O–H groups in total. The molecule has 167 valence electrons. The van der Waals surface area contributed by atoms with Crippen LogP contribution in [-0.4, -0.2) is 3.21 Å². The summed E-state index contributed by atoms with van der Waals surface area (Å²) in [6.07, 6.45) is 10.3. The average Bonchev–Trinajstić information content (AvgIpc) is 3.33. The minimum atomic E-state index is -0.806. The summed E-state index contributed by atoms with van der Waals surface area (Å²) in [6, 6.07) is 7.34. The zero-order chi connectivity index (χ0) is 23.4. The van der Waals surface area contributed by atoms with E-state index in [1.807, 2.05) is 0 Å². The van der Waals surface area contributed by atoms with Gasteiger partial charge in [-0.05, 0) is 0 Å². The molecule has 0 aliphatic heterocycles. The van der Waals surface area contributed by atoms with E-state index in [9.17, 15) is 0 Å². The number of fused-ring (bicyclic) bond motifs is 3. The van der Waals surface area contributed by atoms with Crippen molar-refractivity contribution in [3.63, 3.8) is 0 Å². The molecule has 0 atom stereocenters. The van der Waals surface area contributed by atoms with Crippen molar-refractivity contribution < 1.29 is 22.8 Å². The molecule has 0 saturated heterocycles. The molecule has 0 amide bonds. The molecule has 0 nitrogen and oxygen atoms in total. The molecule has 0 heterocycles. The van der Waals surface area contributed by atoms with Gasteiger partial charge in [0.1, 0.15) is 0 Å². The Bertz CT molecular complexity index is 1170. The first-order chi connectivity index (χ1) is 14.9. The van der Waals surface area contributed by atoms with Crippen LogP contribution in [0.4, 0.5) is 0 Å². The van der Waals surface area contributed by atoms with E-state index >= 15 is 0 Å². The van der Waals surface area contributed by atoms with Gasteiger partial charge in [-0.15, -0.1) is 0 Å². The van der Waals surface area contributed by atoms with Crippen LogP contribution in [0.5, 0.6) is 0 Å². The van der Waals surface area contributed by atoms with Gasteiger partial charge in [-0.2, -0.15) is 0 Å². The van der Waals surface area contributed by atoms with Gasteiger partial charge in [0.15, 0.2) is 0 Å². The van der Waals surface area contributed by atoms with Crippen LogP contribution in [0.3, 0.4) is 0 Å². The SMILES string of the molecule is CCc1c(C2=CC=CC2)c(C(C)(C)C)[c]([Zr]=[C](C)C)c2c1-c1ccc(C(C)(C)C)cc1C2. The van der Waals surface area contributed by atoms with Crippen LogP contribution >= 0.6 is 0 Å². The van der Waals surface area contributed by atoms with Crippen molar-refractivity contribution in [2.45, 2.75) is 92.4 Å². The fourth-order valence-electron chi connectivity index (χ4n) is 5.48. The van der Waals surface area contributed by atoms with Gasteiger partial charge < -0.3 is 0 Å². The second-order valence-electron chi connectivity index (χ2n) is 11.8. The molecular weight excluding hydrogens is 464 g/mol. The van der Waals surface area contributed by atoms with Gasteiger partial charge in [-0.25, -0.2) is 0 Å². The summed E-state index contributed by atoms with van der Waals surface area (Å²) in [5.74, 6) is 0. The summed E-state index contributed by atoms with van der Waals surface area (Å²) in [5, 5.41) is 0. The van der Waals surface area contributed by atoms with Crippen molar-refractivity contribution in [1.82, 2.24) is 0 Å². The topological polar surface area (TPSA) is 0 Å². The molecule has 2 aromatic carbocycles. The predicted molar refractivity (Wildman–Crippen MR) is 139 cm³/mol. The zero-order valence-electron chi connectivity index (χ0n) is 21.6. The summed E-state index contributed by atoms with van der Waals surface area (Å²) in [5.41, 5.74) is 14.5. The van der Waals surface area contributed by atoms with Crippen LogP contribution in [0.1, 0.15) is 102 Å². The predicted octanol–water partition coefficient (Wildman–Crippen LogP) is 7.68. The normalized spacial score (nSPS) is 14.8. The van der Waals surface area contributed by atoms with Gasteiger partial charge in [-0.3, -0.25) is 0 Å². The van der Waals surface area contributed by atoms with Crippen LogP contribution < -0.4 is 3.27 Å². The van der Waals surface area contributed by atoms with Gasteiger partial charge in [0.2, 0.25) is 0 Å². The monoisotopic (exact) mass is 501 g/mol. The Morgan fingerprint density at radius 2 is 1.69 bits per heavy atom. The molecule has 0 aromatic heterocycles. The van der Waals surface area contributed by atoms with Crippen molar-refractivity contribution in [1.29, 1.82) is 0 Å². The molecule has 2 aromatic rings. The first-order valence-corrected chi connectivity index (χ1v) is 14.7. The molecule has 4 rings (SSSR count). The van der Waals surface area contributed by atoms with Crippen LogP contribution in [0.15, 0.2) is 36.4 Å². The summed E-state index contributed by atoms with van der Waals surface area (Å²) in [6.45, 7) is 21.4. The third-order valence-corrected chi connectivity index (χ3v) is 10.1. The quantitative estimate of drug-likeness (QED) is 0.344. The first-order valence-electron chi connectivity index (χ1n) is 12.2. The minimum absolute atomic E-state index is 0.148. The maximum atomic E-state index is 2.51. The van der Waals surface area contributed by atoms with E-state index < -0.39 is 22.8 Å². The van der Waals surface area contributed by atoms with Crippen molar-refractivity contribution in [2.75, 3.05) is 0 Å². The molecule has 0 spiro atoms. The Morgan fingerprint density at radius 3 is 2.22 bits per heavy atom. The van der Waals surface area contributed by atoms with Gasteiger partial charge in [0, 0.05) is 0 Å². The fourth-order valence-corrected chi connectivity index (χ4v) is 9.14. The molecule has 0 bridgehead atoms. The molecule has 0 saturated carbocycles. The van der Waals surface area contributed by atoms with E-state index in [0.29, 0.717) is 0 Å². The Kier molecular flexibility index (Phi) is 6.30.